The first-order valence-electron chi connectivity index (χ1n) is 4.97. The van der Waals surface area contributed by atoms with Gasteiger partial charge in [-0.3, -0.25) is 0 Å². The Morgan fingerprint density at radius 1 is 1.36 bits per heavy atom. The van der Waals surface area contributed by atoms with Crippen LogP contribution in [0.5, 0.6) is 0 Å². The van der Waals surface area contributed by atoms with Crippen LogP contribution < -0.4 is 0 Å². The van der Waals surface area contributed by atoms with Gasteiger partial charge in [-0.05, 0) is 25.2 Å². The summed E-state index contributed by atoms with van der Waals surface area (Å²) >= 11 is 0. The number of hydrogen-bond acceptors (Lipinski definition) is 0. The molecule has 0 heteroatoms. The molecule has 64 valence electrons. The minimum Gasteiger partial charge on any atom is -0.0879 e. The third-order valence-electron chi connectivity index (χ3n) is 2.90. The molecule has 1 rings (SSSR count). The fraction of sp³-hybridized carbons (Fsp3) is 0.818. The zero-order chi connectivity index (χ0) is 8.27. The lowest BCUT2D eigenvalue weighted by molar-refractivity contribution is 0.599. The Balaban J connectivity index is 2.11. The average Bonchev–Trinajstić information content (AvgIpc) is 2.62. The van der Waals surface area contributed by atoms with E-state index in [2.05, 4.69) is 26.8 Å². The zero-order valence-corrected chi connectivity index (χ0v) is 8.06. The van der Waals surface area contributed by atoms with Crippen LogP contribution in [0.3, 0.4) is 0 Å². The van der Waals surface area contributed by atoms with Crippen molar-refractivity contribution in [3.05, 3.63) is 11.6 Å². The lowest BCUT2D eigenvalue weighted by atomic mass is 10.1. The van der Waals surface area contributed by atoms with Crippen molar-refractivity contribution in [1.82, 2.24) is 0 Å². The lowest BCUT2D eigenvalue weighted by Gasteiger charge is -1.94. The summed E-state index contributed by atoms with van der Waals surface area (Å²) in [5, 5.41) is 0. The quantitative estimate of drug-likeness (QED) is 0.425. The van der Waals surface area contributed by atoms with Gasteiger partial charge in [-0.1, -0.05) is 44.8 Å². The smallest absolute Gasteiger partial charge is 0.0137 e. The van der Waals surface area contributed by atoms with Gasteiger partial charge in [-0.25, -0.2) is 0 Å². The Hall–Kier alpha value is -0.260. The lowest BCUT2D eigenvalue weighted by Crippen LogP contribution is -1.79. The van der Waals surface area contributed by atoms with Crippen LogP contribution in [-0.4, -0.2) is 0 Å². The third kappa shape index (κ3) is 2.08. The zero-order valence-electron chi connectivity index (χ0n) is 8.06. The molecule has 0 amide bonds. The Morgan fingerprint density at radius 2 is 2.09 bits per heavy atom. The van der Waals surface area contributed by atoms with Gasteiger partial charge in [0, 0.05) is 0 Å². The second kappa shape index (κ2) is 3.94. The number of hydrogen-bond donors (Lipinski definition) is 0. The van der Waals surface area contributed by atoms with Crippen LogP contribution in [0.2, 0.25) is 0 Å². The van der Waals surface area contributed by atoms with Gasteiger partial charge >= 0.3 is 0 Å². The molecule has 1 aliphatic carbocycles. The van der Waals surface area contributed by atoms with E-state index in [1.165, 1.54) is 25.7 Å². The van der Waals surface area contributed by atoms with E-state index in [1.54, 1.807) is 5.57 Å². The first-order valence-corrected chi connectivity index (χ1v) is 4.97. The van der Waals surface area contributed by atoms with E-state index in [-0.39, 0.29) is 0 Å². The van der Waals surface area contributed by atoms with E-state index in [4.69, 9.17) is 0 Å². The molecule has 0 aromatic heterocycles. The maximum absolute atomic E-state index is 2.35. The van der Waals surface area contributed by atoms with Crippen LogP contribution in [0.4, 0.5) is 0 Å². The Kier molecular flexibility index (Phi) is 3.16. The summed E-state index contributed by atoms with van der Waals surface area (Å²) in [6.45, 7) is 6.80. The fourth-order valence-corrected chi connectivity index (χ4v) is 2.00. The second-order valence-electron chi connectivity index (χ2n) is 3.68. The SMILES string of the molecule is CC=C1C(C)C1CCCCC. The minimum absolute atomic E-state index is 0.914. The van der Waals surface area contributed by atoms with Crippen LogP contribution in [0, 0.1) is 11.8 Å². The first-order chi connectivity index (χ1) is 5.31. The molecule has 0 heterocycles. The van der Waals surface area contributed by atoms with E-state index in [0.717, 1.165) is 11.8 Å². The van der Waals surface area contributed by atoms with Gasteiger partial charge in [0.25, 0.3) is 0 Å². The Morgan fingerprint density at radius 3 is 2.55 bits per heavy atom. The Labute approximate surface area is 70.7 Å². The highest BCUT2D eigenvalue weighted by Crippen LogP contribution is 2.48. The van der Waals surface area contributed by atoms with E-state index in [1.807, 2.05) is 0 Å². The van der Waals surface area contributed by atoms with Gasteiger partial charge in [0.2, 0.25) is 0 Å². The largest absolute Gasteiger partial charge is 0.0879 e. The molecule has 0 aromatic rings. The second-order valence-corrected chi connectivity index (χ2v) is 3.68. The molecule has 2 unspecified atom stereocenters. The maximum atomic E-state index is 2.35. The van der Waals surface area contributed by atoms with Crippen molar-refractivity contribution in [3.63, 3.8) is 0 Å². The van der Waals surface area contributed by atoms with Crippen LogP contribution in [-0.2, 0) is 0 Å². The molecular formula is C11H20. The van der Waals surface area contributed by atoms with Crippen molar-refractivity contribution in [2.75, 3.05) is 0 Å². The molecule has 0 nitrogen and oxygen atoms in total. The van der Waals surface area contributed by atoms with E-state index in [0.29, 0.717) is 0 Å². The molecule has 1 aliphatic rings. The predicted octanol–water partition coefficient (Wildman–Crippen LogP) is 3.78. The van der Waals surface area contributed by atoms with Crippen LogP contribution >= 0.6 is 0 Å². The average molecular weight is 152 g/mol. The first kappa shape index (κ1) is 8.83. The molecule has 0 radical (unpaired) electrons. The molecule has 0 saturated heterocycles. The van der Waals surface area contributed by atoms with E-state index in [9.17, 15) is 0 Å². The van der Waals surface area contributed by atoms with Crippen molar-refractivity contribution >= 4 is 0 Å². The van der Waals surface area contributed by atoms with Crippen LogP contribution in [0.1, 0.15) is 46.5 Å². The summed E-state index contributed by atoms with van der Waals surface area (Å²) in [4.78, 5) is 0. The summed E-state index contributed by atoms with van der Waals surface area (Å²) in [5.74, 6) is 1.88. The van der Waals surface area contributed by atoms with Gasteiger partial charge in [-0.2, -0.15) is 0 Å². The number of allylic oxidation sites excluding steroid dienone is 2. The third-order valence-corrected chi connectivity index (χ3v) is 2.90. The minimum atomic E-state index is 0.914. The molecule has 2 atom stereocenters. The monoisotopic (exact) mass is 152 g/mol. The number of rotatable bonds is 4. The normalized spacial score (nSPS) is 32.8. The van der Waals surface area contributed by atoms with E-state index < -0.39 is 0 Å². The van der Waals surface area contributed by atoms with Gasteiger partial charge in [0.15, 0.2) is 0 Å². The highest BCUT2D eigenvalue weighted by Gasteiger charge is 2.37. The van der Waals surface area contributed by atoms with E-state index >= 15 is 0 Å². The topological polar surface area (TPSA) is 0 Å². The molecule has 0 spiro atoms. The summed E-state index contributed by atoms with van der Waals surface area (Å²) in [6.07, 6.45) is 7.95. The summed E-state index contributed by atoms with van der Waals surface area (Å²) < 4.78 is 0. The van der Waals surface area contributed by atoms with Gasteiger partial charge in [-0.15, -0.1) is 0 Å². The predicted molar refractivity (Wildman–Crippen MR) is 50.6 cm³/mol. The van der Waals surface area contributed by atoms with Crippen molar-refractivity contribution in [2.24, 2.45) is 11.8 Å². The molecule has 0 aromatic carbocycles. The molecule has 0 aliphatic heterocycles. The van der Waals surface area contributed by atoms with Crippen molar-refractivity contribution in [3.8, 4) is 0 Å². The molecule has 0 N–H and O–H groups in total. The highest BCUT2D eigenvalue weighted by molar-refractivity contribution is 5.27. The molecule has 11 heavy (non-hydrogen) atoms. The summed E-state index contributed by atoms with van der Waals surface area (Å²) in [7, 11) is 0. The maximum Gasteiger partial charge on any atom is -0.0137 e. The molecule has 1 fully saturated rings. The fourth-order valence-electron chi connectivity index (χ4n) is 2.00. The van der Waals surface area contributed by atoms with Crippen molar-refractivity contribution in [1.29, 1.82) is 0 Å². The summed E-state index contributed by atoms with van der Waals surface area (Å²) in [6, 6.07) is 0. The highest BCUT2D eigenvalue weighted by atomic mass is 14.4. The van der Waals surface area contributed by atoms with Crippen LogP contribution in [0.15, 0.2) is 11.6 Å². The van der Waals surface area contributed by atoms with Gasteiger partial charge in [0.1, 0.15) is 0 Å². The molecule has 1 saturated carbocycles. The van der Waals surface area contributed by atoms with Crippen molar-refractivity contribution < 1.29 is 0 Å². The summed E-state index contributed by atoms with van der Waals surface area (Å²) in [5.41, 5.74) is 1.71. The van der Waals surface area contributed by atoms with Gasteiger partial charge in [0.05, 0.1) is 0 Å². The van der Waals surface area contributed by atoms with Crippen LogP contribution in [0.25, 0.3) is 0 Å². The molecule has 0 bridgehead atoms. The van der Waals surface area contributed by atoms with Crippen molar-refractivity contribution in [2.45, 2.75) is 46.5 Å². The number of unbranched alkanes of at least 4 members (excludes halogenated alkanes) is 2. The molecular weight excluding hydrogens is 132 g/mol. The standard InChI is InChI=1S/C11H20/c1-4-6-7-8-11-9(3)10(11)5-2/h5,9,11H,4,6-8H2,1-3H3. The Bertz CT molecular complexity index is 144. The van der Waals surface area contributed by atoms with Gasteiger partial charge < -0.3 is 0 Å².